The first-order valence-corrected chi connectivity index (χ1v) is 9.22. The second-order valence-corrected chi connectivity index (χ2v) is 6.68. The molecule has 1 nitrogen and oxygen atoms in total. The van der Waals surface area contributed by atoms with Crippen LogP contribution in [0.25, 0.3) is 10.8 Å². The highest BCUT2D eigenvalue weighted by Gasteiger charge is 2.03. The minimum atomic E-state index is 0.375. The summed E-state index contributed by atoms with van der Waals surface area (Å²) in [5.74, 6) is 1.16. The largest absolute Gasteiger partial charge is 0.396 e. The third-order valence-electron chi connectivity index (χ3n) is 4.50. The van der Waals surface area contributed by atoms with Crippen molar-refractivity contribution < 1.29 is 5.11 Å². The van der Waals surface area contributed by atoms with Crippen molar-refractivity contribution in [2.75, 3.05) is 6.61 Å². The molecule has 0 bridgehead atoms. The van der Waals surface area contributed by atoms with Gasteiger partial charge in [-0.1, -0.05) is 95.8 Å². The Morgan fingerprint density at radius 2 is 1.61 bits per heavy atom. The van der Waals surface area contributed by atoms with E-state index in [2.05, 4.69) is 70.2 Å². The van der Waals surface area contributed by atoms with E-state index >= 15 is 0 Å². The molecule has 128 valence electrons. The molecule has 0 aromatic heterocycles. The van der Waals surface area contributed by atoms with Crippen LogP contribution in [0.4, 0.5) is 0 Å². The Labute approximate surface area is 142 Å². The Morgan fingerprint density at radius 3 is 2.22 bits per heavy atom. The van der Waals surface area contributed by atoms with Gasteiger partial charge in [0.15, 0.2) is 0 Å². The summed E-state index contributed by atoms with van der Waals surface area (Å²) in [6.07, 6.45) is 6.22. The van der Waals surface area contributed by atoms with Gasteiger partial charge >= 0.3 is 0 Å². The van der Waals surface area contributed by atoms with Gasteiger partial charge in [0.05, 0.1) is 0 Å². The summed E-state index contributed by atoms with van der Waals surface area (Å²) in [7, 11) is 0. The zero-order valence-corrected chi connectivity index (χ0v) is 15.4. The molecule has 0 spiro atoms. The number of hydrogen-bond donors (Lipinski definition) is 1. The standard InChI is InChI=1S/C13H14.C9H20O/c1-10(2)12-9-5-7-11-6-3-4-8-13(11)12;1-3-5-6-7-9(4-2)8-10/h3-10H,1-2H3;9-10H,3-8H2,1-2H3. The van der Waals surface area contributed by atoms with E-state index in [0.717, 1.165) is 6.42 Å². The molecule has 1 unspecified atom stereocenters. The molecule has 0 saturated heterocycles. The summed E-state index contributed by atoms with van der Waals surface area (Å²) in [5.41, 5.74) is 1.44. The summed E-state index contributed by atoms with van der Waals surface area (Å²) in [4.78, 5) is 0. The van der Waals surface area contributed by atoms with Crippen LogP contribution in [0.2, 0.25) is 0 Å². The number of unbranched alkanes of at least 4 members (excludes halogenated alkanes) is 2. The van der Waals surface area contributed by atoms with E-state index in [9.17, 15) is 0 Å². The van der Waals surface area contributed by atoms with E-state index in [1.54, 1.807) is 0 Å². The normalized spacial score (nSPS) is 12.1. The lowest BCUT2D eigenvalue weighted by Crippen LogP contribution is -2.03. The highest BCUT2D eigenvalue weighted by molar-refractivity contribution is 5.86. The molecule has 0 saturated carbocycles. The number of rotatable bonds is 7. The second-order valence-electron chi connectivity index (χ2n) is 6.68. The molecule has 0 fully saturated rings. The van der Waals surface area contributed by atoms with Crippen LogP contribution in [0, 0.1) is 5.92 Å². The van der Waals surface area contributed by atoms with Crippen LogP contribution in [0.15, 0.2) is 42.5 Å². The SMILES string of the molecule is CC(C)c1cccc2ccccc12.CCCCCC(CC)CO. The highest BCUT2D eigenvalue weighted by atomic mass is 16.3. The quantitative estimate of drug-likeness (QED) is 0.575. The molecule has 2 aromatic carbocycles. The lowest BCUT2D eigenvalue weighted by molar-refractivity contribution is 0.212. The maximum atomic E-state index is 8.83. The van der Waals surface area contributed by atoms with Crippen LogP contribution in [-0.4, -0.2) is 11.7 Å². The van der Waals surface area contributed by atoms with Crippen LogP contribution in [0.5, 0.6) is 0 Å². The lowest BCUT2D eigenvalue weighted by atomic mass is 9.96. The molecule has 0 aliphatic carbocycles. The molecule has 0 aliphatic heterocycles. The third kappa shape index (κ3) is 6.74. The summed E-state index contributed by atoms with van der Waals surface area (Å²) in [6, 6.07) is 15.1. The van der Waals surface area contributed by atoms with Crippen LogP contribution < -0.4 is 0 Å². The Hall–Kier alpha value is -1.34. The second kappa shape index (κ2) is 11.2. The Balaban J connectivity index is 0.000000241. The number of fused-ring (bicyclic) bond motifs is 1. The number of hydrogen-bond acceptors (Lipinski definition) is 1. The fraction of sp³-hybridized carbons (Fsp3) is 0.545. The highest BCUT2D eigenvalue weighted by Crippen LogP contribution is 2.24. The van der Waals surface area contributed by atoms with Gasteiger partial charge in [-0.15, -0.1) is 0 Å². The summed E-state index contributed by atoms with van der Waals surface area (Å²) in [5, 5.41) is 11.6. The van der Waals surface area contributed by atoms with Gasteiger partial charge in [0.1, 0.15) is 0 Å². The van der Waals surface area contributed by atoms with Crippen molar-refractivity contribution in [2.24, 2.45) is 5.92 Å². The third-order valence-corrected chi connectivity index (χ3v) is 4.50. The van der Waals surface area contributed by atoms with E-state index in [-0.39, 0.29) is 0 Å². The van der Waals surface area contributed by atoms with Gasteiger partial charge in [0.2, 0.25) is 0 Å². The van der Waals surface area contributed by atoms with Crippen molar-refractivity contribution in [1.29, 1.82) is 0 Å². The molecule has 2 rings (SSSR count). The van der Waals surface area contributed by atoms with Gasteiger partial charge < -0.3 is 5.11 Å². The molecule has 0 amide bonds. The fourth-order valence-electron chi connectivity index (χ4n) is 2.86. The van der Waals surface area contributed by atoms with Crippen molar-refractivity contribution in [1.82, 2.24) is 0 Å². The number of aliphatic hydroxyl groups excluding tert-OH is 1. The van der Waals surface area contributed by atoms with Crippen molar-refractivity contribution in [3.63, 3.8) is 0 Å². The van der Waals surface area contributed by atoms with Crippen molar-refractivity contribution in [3.05, 3.63) is 48.0 Å². The molecule has 1 heteroatoms. The van der Waals surface area contributed by atoms with E-state index in [0.29, 0.717) is 18.4 Å². The molecule has 0 aliphatic rings. The molecule has 2 aromatic rings. The molecular weight excluding hydrogens is 280 g/mol. The minimum absolute atomic E-state index is 0.375. The molecule has 1 atom stereocenters. The Morgan fingerprint density at radius 1 is 0.913 bits per heavy atom. The van der Waals surface area contributed by atoms with Gasteiger partial charge in [-0.2, -0.15) is 0 Å². The van der Waals surface area contributed by atoms with Gasteiger partial charge in [-0.05, 0) is 34.6 Å². The molecular formula is C22H34O. The Bertz CT molecular complexity index is 535. The molecule has 0 heterocycles. The van der Waals surface area contributed by atoms with E-state index in [4.69, 9.17) is 5.11 Å². The maximum Gasteiger partial charge on any atom is 0.0459 e. The van der Waals surface area contributed by atoms with Crippen LogP contribution >= 0.6 is 0 Å². The predicted molar refractivity (Wildman–Crippen MR) is 103 cm³/mol. The van der Waals surface area contributed by atoms with E-state index in [1.165, 1.54) is 42.0 Å². The van der Waals surface area contributed by atoms with Crippen molar-refractivity contribution in [2.45, 2.75) is 65.7 Å². The van der Waals surface area contributed by atoms with Crippen LogP contribution in [-0.2, 0) is 0 Å². The van der Waals surface area contributed by atoms with E-state index < -0.39 is 0 Å². The van der Waals surface area contributed by atoms with Gasteiger partial charge in [0, 0.05) is 6.61 Å². The van der Waals surface area contributed by atoms with Crippen LogP contribution in [0.3, 0.4) is 0 Å². The maximum absolute atomic E-state index is 8.83. The Kier molecular flexibility index (Phi) is 9.63. The number of benzene rings is 2. The van der Waals surface area contributed by atoms with Gasteiger partial charge in [-0.3, -0.25) is 0 Å². The van der Waals surface area contributed by atoms with Gasteiger partial charge in [0.25, 0.3) is 0 Å². The fourth-order valence-corrected chi connectivity index (χ4v) is 2.86. The van der Waals surface area contributed by atoms with Gasteiger partial charge in [-0.25, -0.2) is 0 Å². The topological polar surface area (TPSA) is 20.2 Å². The van der Waals surface area contributed by atoms with Crippen molar-refractivity contribution in [3.8, 4) is 0 Å². The van der Waals surface area contributed by atoms with E-state index in [1.807, 2.05) is 0 Å². The average molecular weight is 315 g/mol. The summed E-state index contributed by atoms with van der Waals surface area (Å²) >= 11 is 0. The zero-order valence-electron chi connectivity index (χ0n) is 15.4. The first kappa shape index (κ1) is 19.7. The first-order chi connectivity index (χ1) is 11.1. The molecule has 1 N–H and O–H groups in total. The minimum Gasteiger partial charge on any atom is -0.396 e. The molecule has 23 heavy (non-hydrogen) atoms. The molecule has 0 radical (unpaired) electrons. The summed E-state index contributed by atoms with van der Waals surface area (Å²) in [6.45, 7) is 9.20. The predicted octanol–water partition coefficient (Wildman–Crippen LogP) is 6.55. The lowest BCUT2D eigenvalue weighted by Gasteiger charge is -2.09. The zero-order chi connectivity index (χ0) is 17.1. The summed E-state index contributed by atoms with van der Waals surface area (Å²) < 4.78 is 0. The van der Waals surface area contributed by atoms with Crippen LogP contribution in [0.1, 0.15) is 71.3 Å². The smallest absolute Gasteiger partial charge is 0.0459 e. The van der Waals surface area contributed by atoms with Crippen molar-refractivity contribution >= 4 is 10.8 Å². The monoisotopic (exact) mass is 314 g/mol. The average Bonchev–Trinajstić information content (AvgIpc) is 2.59. The number of aliphatic hydroxyl groups is 1. The first-order valence-electron chi connectivity index (χ1n) is 9.22.